The minimum atomic E-state index is -0.0926. The highest BCUT2D eigenvalue weighted by Gasteiger charge is 2.16. The van der Waals surface area contributed by atoms with Crippen molar-refractivity contribution >= 4 is 28.4 Å². The molecule has 1 atom stereocenters. The molecule has 3 aromatic heterocycles. The highest BCUT2D eigenvalue weighted by Crippen LogP contribution is 2.23. The van der Waals surface area contributed by atoms with Gasteiger partial charge in [-0.05, 0) is 50.2 Å². The van der Waals surface area contributed by atoms with E-state index in [2.05, 4.69) is 74.8 Å². The third-order valence-corrected chi connectivity index (χ3v) is 7.27. The lowest BCUT2D eigenvalue weighted by Crippen LogP contribution is -2.44. The molecule has 0 aliphatic carbocycles. The van der Waals surface area contributed by atoms with E-state index in [0.717, 1.165) is 62.2 Å². The third-order valence-electron chi connectivity index (χ3n) is 7.27. The van der Waals surface area contributed by atoms with E-state index >= 15 is 0 Å². The van der Waals surface area contributed by atoms with Gasteiger partial charge in [-0.2, -0.15) is 4.98 Å². The Morgan fingerprint density at radius 2 is 1.78 bits per heavy atom. The van der Waals surface area contributed by atoms with Crippen LogP contribution in [0.2, 0.25) is 0 Å². The molecular formula is C28H36N8O. The molecule has 0 amide bonds. The van der Waals surface area contributed by atoms with E-state index in [1.807, 2.05) is 12.5 Å². The van der Waals surface area contributed by atoms with Gasteiger partial charge in [-0.25, -0.2) is 9.97 Å². The summed E-state index contributed by atoms with van der Waals surface area (Å²) >= 11 is 0. The number of pyridine rings is 1. The van der Waals surface area contributed by atoms with Crippen molar-refractivity contribution in [2.75, 3.05) is 43.4 Å². The predicted octanol–water partition coefficient (Wildman–Crippen LogP) is 4.28. The van der Waals surface area contributed by atoms with E-state index in [0.29, 0.717) is 24.2 Å². The number of hydrogen-bond acceptors (Lipinski definition) is 7. The third kappa shape index (κ3) is 5.51. The number of rotatable bonds is 9. The van der Waals surface area contributed by atoms with Crippen molar-refractivity contribution in [3.05, 3.63) is 71.2 Å². The zero-order chi connectivity index (χ0) is 25.8. The van der Waals surface area contributed by atoms with Crippen molar-refractivity contribution in [1.82, 2.24) is 29.0 Å². The van der Waals surface area contributed by atoms with Gasteiger partial charge in [-0.1, -0.05) is 20.3 Å². The lowest BCUT2D eigenvalue weighted by atomic mass is 10.1. The number of anilines is 3. The van der Waals surface area contributed by atoms with Gasteiger partial charge in [0.05, 0.1) is 18.6 Å². The van der Waals surface area contributed by atoms with Crippen molar-refractivity contribution in [2.24, 2.45) is 0 Å². The van der Waals surface area contributed by atoms with Gasteiger partial charge >= 0.3 is 0 Å². The summed E-state index contributed by atoms with van der Waals surface area (Å²) in [6, 6.07) is 12.1. The van der Waals surface area contributed by atoms with Gasteiger partial charge in [0.1, 0.15) is 5.65 Å². The number of nitrogens with zero attached hydrogens (tertiary/aromatic N) is 7. The molecule has 1 aromatic carbocycles. The number of likely N-dealkylation sites (N-methyl/N-ethyl adjacent to an activating group) is 1. The molecule has 1 aliphatic heterocycles. The SMILES string of the molecule is CCCC(CC)n1cncc1Cn1c(=O)ccc2cnc(Nc3ccc(N4CCN(C)CC4)cc3)nc21. The van der Waals surface area contributed by atoms with Gasteiger partial charge in [-0.15, -0.1) is 0 Å². The molecule has 5 rings (SSSR count). The van der Waals surface area contributed by atoms with E-state index in [1.54, 1.807) is 22.9 Å². The first-order valence-electron chi connectivity index (χ1n) is 13.2. The van der Waals surface area contributed by atoms with Crippen LogP contribution in [0.4, 0.5) is 17.3 Å². The second kappa shape index (κ2) is 11.1. The van der Waals surface area contributed by atoms with Crippen LogP contribution in [0, 0.1) is 0 Å². The van der Waals surface area contributed by atoms with Crippen molar-refractivity contribution in [3.63, 3.8) is 0 Å². The van der Waals surface area contributed by atoms with Gasteiger partial charge < -0.3 is 19.7 Å². The van der Waals surface area contributed by atoms with Gasteiger partial charge in [-0.3, -0.25) is 9.36 Å². The first kappa shape index (κ1) is 25.0. The number of imidazole rings is 1. The molecule has 1 unspecified atom stereocenters. The number of nitrogens with one attached hydrogen (secondary N) is 1. The fraction of sp³-hybridized carbons (Fsp3) is 0.429. The molecule has 4 heterocycles. The van der Waals surface area contributed by atoms with E-state index in [-0.39, 0.29) is 5.56 Å². The van der Waals surface area contributed by atoms with E-state index in [9.17, 15) is 4.79 Å². The maximum absolute atomic E-state index is 13.0. The lowest BCUT2D eigenvalue weighted by molar-refractivity contribution is 0.313. The molecule has 0 saturated carbocycles. The van der Waals surface area contributed by atoms with Gasteiger partial charge in [0.15, 0.2) is 0 Å². The molecule has 1 aliphatic rings. The molecule has 4 aromatic rings. The van der Waals surface area contributed by atoms with E-state index < -0.39 is 0 Å². The Hall–Kier alpha value is -3.72. The van der Waals surface area contributed by atoms with Crippen LogP contribution in [-0.2, 0) is 6.54 Å². The number of hydrogen-bond donors (Lipinski definition) is 1. The fourth-order valence-corrected chi connectivity index (χ4v) is 5.05. The Labute approximate surface area is 217 Å². The first-order chi connectivity index (χ1) is 18.1. The summed E-state index contributed by atoms with van der Waals surface area (Å²) in [5.74, 6) is 0.463. The molecule has 0 radical (unpaired) electrons. The predicted molar refractivity (Wildman–Crippen MR) is 149 cm³/mol. The van der Waals surface area contributed by atoms with Crippen LogP contribution in [-0.4, -0.2) is 62.2 Å². The van der Waals surface area contributed by atoms with E-state index in [1.165, 1.54) is 5.69 Å². The summed E-state index contributed by atoms with van der Waals surface area (Å²) in [7, 11) is 2.16. The normalized spacial score (nSPS) is 15.3. The standard InChI is InChI=1S/C28H36N8O/c1-4-6-23(5-2)36-20-29-18-25(36)19-35-26(37)12-7-21-17-30-28(32-27(21)35)31-22-8-10-24(11-9-22)34-15-13-33(3)14-16-34/h7-12,17-18,20,23H,4-6,13-16,19H2,1-3H3,(H,30,31,32). The molecule has 9 nitrogen and oxygen atoms in total. The zero-order valence-corrected chi connectivity index (χ0v) is 22.0. The highest BCUT2D eigenvalue weighted by molar-refractivity contribution is 5.75. The Balaban J connectivity index is 1.39. The minimum Gasteiger partial charge on any atom is -0.369 e. The summed E-state index contributed by atoms with van der Waals surface area (Å²) in [5.41, 5.74) is 3.64. The summed E-state index contributed by atoms with van der Waals surface area (Å²) in [6.45, 7) is 9.01. The van der Waals surface area contributed by atoms with Gasteiger partial charge in [0.2, 0.25) is 5.95 Å². The smallest absolute Gasteiger partial charge is 0.252 e. The molecular weight excluding hydrogens is 464 g/mol. The van der Waals surface area contributed by atoms with Crippen molar-refractivity contribution in [3.8, 4) is 0 Å². The second-order valence-corrected chi connectivity index (χ2v) is 9.84. The highest BCUT2D eigenvalue weighted by atomic mass is 16.1. The monoisotopic (exact) mass is 500 g/mol. The van der Waals surface area contributed by atoms with Crippen molar-refractivity contribution in [1.29, 1.82) is 0 Å². The average Bonchev–Trinajstić information content (AvgIpc) is 3.38. The second-order valence-electron chi connectivity index (χ2n) is 9.84. The topological polar surface area (TPSA) is 84.1 Å². The van der Waals surface area contributed by atoms with Crippen LogP contribution in [0.25, 0.3) is 11.0 Å². The number of aromatic nitrogens is 5. The van der Waals surface area contributed by atoms with Crippen LogP contribution in [0.1, 0.15) is 44.8 Å². The average molecular weight is 501 g/mol. The minimum absolute atomic E-state index is 0.0926. The van der Waals surface area contributed by atoms with Crippen LogP contribution >= 0.6 is 0 Å². The molecule has 9 heteroatoms. The van der Waals surface area contributed by atoms with Gasteiger partial charge in [0, 0.05) is 67.4 Å². The molecule has 0 bridgehead atoms. The summed E-state index contributed by atoms with van der Waals surface area (Å²) in [5, 5.41) is 4.13. The largest absolute Gasteiger partial charge is 0.369 e. The Morgan fingerprint density at radius 1 is 1.00 bits per heavy atom. The quantitative estimate of drug-likeness (QED) is 0.367. The molecule has 1 N–H and O–H groups in total. The van der Waals surface area contributed by atoms with Crippen molar-refractivity contribution in [2.45, 2.75) is 45.7 Å². The van der Waals surface area contributed by atoms with Crippen molar-refractivity contribution < 1.29 is 0 Å². The molecule has 1 saturated heterocycles. The van der Waals surface area contributed by atoms with Crippen LogP contribution in [0.3, 0.4) is 0 Å². The molecule has 1 fully saturated rings. The summed E-state index contributed by atoms with van der Waals surface area (Å²) in [4.78, 5) is 31.4. The maximum Gasteiger partial charge on any atom is 0.252 e. The lowest BCUT2D eigenvalue weighted by Gasteiger charge is -2.34. The molecule has 37 heavy (non-hydrogen) atoms. The number of piperazine rings is 1. The van der Waals surface area contributed by atoms with E-state index in [4.69, 9.17) is 4.98 Å². The Bertz CT molecular complexity index is 1390. The molecule has 194 valence electrons. The zero-order valence-electron chi connectivity index (χ0n) is 22.0. The summed E-state index contributed by atoms with van der Waals surface area (Å²) in [6.07, 6.45) is 8.69. The Kier molecular flexibility index (Phi) is 7.50. The number of benzene rings is 1. The maximum atomic E-state index is 13.0. The molecule has 0 spiro atoms. The first-order valence-corrected chi connectivity index (χ1v) is 13.2. The van der Waals surface area contributed by atoms with Crippen LogP contribution in [0.15, 0.2) is 59.9 Å². The summed E-state index contributed by atoms with van der Waals surface area (Å²) < 4.78 is 3.92. The fourth-order valence-electron chi connectivity index (χ4n) is 5.05. The van der Waals surface area contributed by atoms with Gasteiger partial charge in [0.25, 0.3) is 5.56 Å². The van der Waals surface area contributed by atoms with Crippen LogP contribution < -0.4 is 15.8 Å². The van der Waals surface area contributed by atoms with Crippen LogP contribution in [0.5, 0.6) is 0 Å². The number of fused-ring (bicyclic) bond motifs is 1. The Morgan fingerprint density at radius 3 is 2.51 bits per heavy atom.